The summed E-state index contributed by atoms with van der Waals surface area (Å²) in [6.07, 6.45) is 4.97. The number of fused-ring (bicyclic) bond motifs is 4. The largest absolute Gasteiger partial charge is 0.511 e. The minimum atomic E-state index is -2.08. The van der Waals surface area contributed by atoms with Gasteiger partial charge in [-0.2, -0.15) is 0 Å². The monoisotopic (exact) mass is 665 g/mol. The zero-order valence-electron chi connectivity index (χ0n) is 25.4. The fourth-order valence-electron chi connectivity index (χ4n) is 9.29. The molecule has 0 aromatic rings. The van der Waals surface area contributed by atoms with Crippen molar-refractivity contribution in [2.45, 2.75) is 87.4 Å². The lowest BCUT2D eigenvalue weighted by molar-refractivity contribution is -0.704. The van der Waals surface area contributed by atoms with Crippen molar-refractivity contribution in [2.24, 2.45) is 35.0 Å². The Morgan fingerprint density at radius 2 is 1.98 bits per heavy atom. The Hall–Kier alpha value is -1.26. The second kappa shape index (κ2) is 12.0. The Bertz CT molecular complexity index is 1310. The molecule has 248 valence electrons. The van der Waals surface area contributed by atoms with Crippen LogP contribution in [0.5, 0.6) is 0 Å². The maximum atomic E-state index is 14.8. The zero-order valence-corrected chi connectivity index (χ0v) is 27.0. The first-order valence-electron chi connectivity index (χ1n) is 16.3. The molecule has 13 atom stereocenters. The molecule has 0 amide bonds. The topological polar surface area (TPSA) is 182 Å². The first-order valence-corrected chi connectivity index (χ1v) is 18.7. The molecule has 45 heavy (non-hydrogen) atoms. The van der Waals surface area contributed by atoms with Crippen molar-refractivity contribution in [1.29, 1.82) is 0 Å². The number of Topliss-reactive ketones (excluding diaryl/α,β-unsaturated/α-hetero) is 2. The fourth-order valence-corrected chi connectivity index (χ4v) is 11.7. The molecule has 3 aliphatic heterocycles. The Morgan fingerprint density at radius 3 is 2.78 bits per heavy atom. The van der Waals surface area contributed by atoms with Gasteiger partial charge in [0.1, 0.15) is 46.5 Å². The summed E-state index contributed by atoms with van der Waals surface area (Å²) in [5, 5.41) is 63.2. The first-order chi connectivity index (χ1) is 21.5. The summed E-state index contributed by atoms with van der Waals surface area (Å²) < 4.78 is 12.6. The molecular weight excluding hydrogens is 620 g/mol. The third-order valence-corrected chi connectivity index (χ3v) is 14.0. The van der Waals surface area contributed by atoms with Crippen LogP contribution >= 0.6 is 21.6 Å². The van der Waals surface area contributed by atoms with Crippen LogP contribution < -0.4 is 10.6 Å². The van der Waals surface area contributed by atoms with E-state index in [9.17, 15) is 35.1 Å². The van der Waals surface area contributed by atoms with Gasteiger partial charge >= 0.3 is 0 Å². The summed E-state index contributed by atoms with van der Waals surface area (Å²) in [4.78, 5) is 29.0. The van der Waals surface area contributed by atoms with E-state index in [0.29, 0.717) is 31.6 Å². The maximum Gasteiger partial charge on any atom is 0.188 e. The van der Waals surface area contributed by atoms with Crippen LogP contribution in [0.3, 0.4) is 0 Å². The van der Waals surface area contributed by atoms with Crippen molar-refractivity contribution in [3.8, 4) is 0 Å². The van der Waals surface area contributed by atoms with Crippen LogP contribution in [0.2, 0.25) is 0 Å². The van der Waals surface area contributed by atoms with Gasteiger partial charge in [0.15, 0.2) is 12.1 Å². The lowest BCUT2D eigenvalue weighted by Gasteiger charge is -2.58. The van der Waals surface area contributed by atoms with E-state index in [4.69, 9.17) is 9.47 Å². The summed E-state index contributed by atoms with van der Waals surface area (Å²) in [5.41, 5.74) is -4.50. The Balaban J connectivity index is 1.30. The summed E-state index contributed by atoms with van der Waals surface area (Å²) in [7, 11) is 3.03. The molecule has 13 heteroatoms. The number of ketones is 2. The number of nitrogens with two attached hydrogens (primary N) is 1. The van der Waals surface area contributed by atoms with Crippen LogP contribution in [0.25, 0.3) is 0 Å². The van der Waals surface area contributed by atoms with Crippen LogP contribution in [-0.2, 0) is 19.1 Å². The summed E-state index contributed by atoms with van der Waals surface area (Å²) in [5.74, 6) is -2.39. The molecule has 7 aliphatic rings. The number of rotatable bonds is 1. The van der Waals surface area contributed by atoms with Gasteiger partial charge in [-0.05, 0) is 44.6 Å². The molecule has 3 saturated heterocycles. The molecule has 3 heterocycles. The molecule has 8 N–H and O–H groups in total. The molecule has 0 aromatic carbocycles. The Morgan fingerprint density at radius 1 is 1.16 bits per heavy atom. The van der Waals surface area contributed by atoms with Crippen molar-refractivity contribution < 1.29 is 49.9 Å². The van der Waals surface area contributed by atoms with E-state index in [1.54, 1.807) is 29.0 Å². The van der Waals surface area contributed by atoms with Gasteiger partial charge in [-0.15, -0.1) is 0 Å². The third-order valence-electron chi connectivity index (χ3n) is 11.7. The summed E-state index contributed by atoms with van der Waals surface area (Å²) in [6.45, 7) is 2.04. The van der Waals surface area contributed by atoms with Crippen molar-refractivity contribution in [3.05, 3.63) is 35.6 Å². The van der Waals surface area contributed by atoms with E-state index < -0.39 is 71.5 Å². The molecule has 7 rings (SSSR count). The molecular formula is C32H45N2O9S2+. The average Bonchev–Trinajstić information content (AvgIpc) is 3.02. The van der Waals surface area contributed by atoms with Crippen molar-refractivity contribution >= 4 is 33.2 Å². The first kappa shape index (κ1) is 32.3. The number of ether oxygens (including phenoxy) is 2. The molecule has 4 aliphatic carbocycles. The second-order valence-electron chi connectivity index (χ2n) is 14.2. The zero-order chi connectivity index (χ0) is 31.7. The fraction of sp³-hybridized carbons (Fsp3) is 0.750. The molecule has 0 aromatic heterocycles. The molecule has 5 fully saturated rings. The normalized spacial score (nSPS) is 50.2. The van der Waals surface area contributed by atoms with Crippen molar-refractivity contribution in [2.75, 3.05) is 24.8 Å². The van der Waals surface area contributed by atoms with Gasteiger partial charge in [-0.1, -0.05) is 51.8 Å². The second-order valence-corrected chi connectivity index (χ2v) is 16.6. The number of carbonyl (C=O) groups is 2. The Labute approximate surface area is 270 Å². The van der Waals surface area contributed by atoms with Gasteiger partial charge in [0.2, 0.25) is 0 Å². The van der Waals surface area contributed by atoms with Gasteiger partial charge < -0.3 is 40.3 Å². The smallest absolute Gasteiger partial charge is 0.188 e. The van der Waals surface area contributed by atoms with Crippen molar-refractivity contribution in [1.82, 2.24) is 5.32 Å². The SMILES string of the molecule is CC1=C[C@H]2C(=O)C3CCCC4O[C@@H]5O[C@]6(CO)C=C[C@@H](CC7CC[NH2+]C(C7)NCSSC[C@@]2(C(=O)C43)C(O)=C1)[C@@](O)([C@H]5O)[C@@H]6O. The van der Waals surface area contributed by atoms with E-state index in [1.807, 2.05) is 13.0 Å². The highest BCUT2D eigenvalue weighted by Gasteiger charge is 2.68. The minimum absolute atomic E-state index is 0.0984. The van der Waals surface area contributed by atoms with Crippen LogP contribution in [0, 0.1) is 35.0 Å². The highest BCUT2D eigenvalue weighted by atomic mass is 33.1. The van der Waals surface area contributed by atoms with E-state index >= 15 is 0 Å². The van der Waals surface area contributed by atoms with E-state index in [-0.39, 0.29) is 35.2 Å². The average molecular weight is 666 g/mol. The molecule has 1 spiro atoms. The van der Waals surface area contributed by atoms with Crippen LogP contribution in [0.4, 0.5) is 0 Å². The maximum absolute atomic E-state index is 14.8. The van der Waals surface area contributed by atoms with Gasteiger partial charge in [0, 0.05) is 24.0 Å². The minimum Gasteiger partial charge on any atom is -0.511 e. The number of nitrogens with one attached hydrogen (secondary N) is 1. The number of aliphatic hydroxyl groups excluding tert-OH is 4. The standard InChI is InChI=1S/C32H44N2O9S2/c1-16-9-20-25(37)19-3-2-4-21-24(19)26(38)31(20,22(36)10-16)14-44-45-15-34-23-12-17(6-8-33-23)11-18-5-7-30(13-35)29(40)32(18,41)27(39)28(42-21)43-30/h5,7,9-10,17-21,23-24,27-29,33-36,39-41H,2-4,6,8,11-15H2,1H3/p+1/t17?,18-,19?,20-,21?,23?,24?,27-,28+,29+,30-,31-,32+/m0/s1. The lowest BCUT2D eigenvalue weighted by Crippen LogP contribution is -2.95. The van der Waals surface area contributed by atoms with Gasteiger partial charge in [0.05, 0.1) is 37.0 Å². The highest BCUT2D eigenvalue weighted by molar-refractivity contribution is 8.76. The van der Waals surface area contributed by atoms with E-state index in [0.717, 1.165) is 25.0 Å². The van der Waals surface area contributed by atoms with E-state index in [2.05, 4.69) is 10.6 Å². The third kappa shape index (κ3) is 4.95. The molecule has 0 radical (unpaired) electrons. The summed E-state index contributed by atoms with van der Waals surface area (Å²) in [6, 6.07) is 0. The number of piperidine rings is 1. The predicted octanol–water partition coefficient (Wildman–Crippen LogP) is 0.302. The molecule has 5 unspecified atom stereocenters. The number of hydrogen-bond acceptors (Lipinski definition) is 12. The molecule has 7 bridgehead atoms. The summed E-state index contributed by atoms with van der Waals surface area (Å²) >= 11 is 0. The van der Waals surface area contributed by atoms with Crippen LogP contribution in [0.15, 0.2) is 35.6 Å². The molecule has 11 nitrogen and oxygen atoms in total. The van der Waals surface area contributed by atoms with Crippen molar-refractivity contribution in [3.63, 3.8) is 0 Å². The van der Waals surface area contributed by atoms with Crippen LogP contribution in [-0.4, -0.2) is 104 Å². The predicted molar refractivity (Wildman–Crippen MR) is 166 cm³/mol. The lowest BCUT2D eigenvalue weighted by atomic mass is 9.53. The quantitative estimate of drug-likeness (QED) is 0.151. The number of hydrogen-bond donors (Lipinski definition) is 7. The van der Waals surface area contributed by atoms with E-state index in [1.165, 1.54) is 10.8 Å². The highest BCUT2D eigenvalue weighted by Crippen LogP contribution is 2.56. The number of quaternary nitrogens is 1. The number of allylic oxidation sites excluding steroid dienone is 4. The molecule has 2 saturated carbocycles. The van der Waals surface area contributed by atoms with Gasteiger partial charge in [-0.25, -0.2) is 0 Å². The van der Waals surface area contributed by atoms with Crippen LogP contribution in [0.1, 0.15) is 45.4 Å². The number of aliphatic hydroxyl groups is 5. The van der Waals surface area contributed by atoms with Gasteiger partial charge in [-0.3, -0.25) is 14.9 Å². The Kier molecular flexibility index (Phi) is 8.62. The number of carbonyl (C=O) groups excluding carboxylic acids is 2. The van der Waals surface area contributed by atoms with Gasteiger partial charge in [0.25, 0.3) is 0 Å².